The van der Waals surface area contributed by atoms with Crippen LogP contribution in [0.5, 0.6) is 0 Å². The van der Waals surface area contributed by atoms with Gasteiger partial charge in [-0.05, 0) is 12.8 Å². The minimum atomic E-state index is -0.251. The largest absolute Gasteiger partial charge is 0.298 e. The first-order valence-electron chi connectivity index (χ1n) is 7.51. The van der Waals surface area contributed by atoms with E-state index < -0.39 is 0 Å². The van der Waals surface area contributed by atoms with Crippen LogP contribution >= 0.6 is 0 Å². The molecule has 0 amide bonds. The number of Topliss-reactive ketones (excluding diaryl/α,β-unsaturated/α-hetero) is 1. The lowest BCUT2D eigenvalue weighted by Gasteiger charge is -2.27. The van der Waals surface area contributed by atoms with E-state index >= 15 is 0 Å². The second kappa shape index (κ2) is 10.1. The van der Waals surface area contributed by atoms with Crippen molar-refractivity contribution in [2.24, 2.45) is 5.41 Å². The fourth-order valence-electron chi connectivity index (χ4n) is 2.40. The molecule has 0 aliphatic rings. The summed E-state index contributed by atoms with van der Waals surface area (Å²) in [7, 11) is 0. The molecular weight excluding hydrogens is 222 g/mol. The fraction of sp³-hybridized carbons (Fsp3) is 0.875. The molecule has 0 heterocycles. The molecule has 0 aromatic rings. The molecule has 0 fully saturated rings. The van der Waals surface area contributed by atoms with Crippen LogP contribution in [0.15, 0.2) is 0 Å². The Labute approximate surface area is 113 Å². The highest BCUT2D eigenvalue weighted by molar-refractivity contribution is 5.86. The summed E-state index contributed by atoms with van der Waals surface area (Å²) in [5, 5.41) is 8.71. The van der Waals surface area contributed by atoms with Gasteiger partial charge in [0.05, 0.1) is 12.5 Å². The quantitative estimate of drug-likeness (QED) is 0.483. The Morgan fingerprint density at radius 2 is 1.50 bits per heavy atom. The first-order valence-corrected chi connectivity index (χ1v) is 7.51. The van der Waals surface area contributed by atoms with Gasteiger partial charge >= 0.3 is 0 Å². The Balaban J connectivity index is 4.30. The summed E-state index contributed by atoms with van der Waals surface area (Å²) < 4.78 is 0. The van der Waals surface area contributed by atoms with E-state index in [0.717, 1.165) is 25.7 Å². The molecule has 0 rings (SSSR count). The van der Waals surface area contributed by atoms with Gasteiger partial charge in [-0.25, -0.2) is 0 Å². The average Bonchev–Trinajstić information content (AvgIpc) is 2.35. The predicted octanol–water partition coefficient (Wildman–Crippen LogP) is 5.03. The monoisotopic (exact) mass is 251 g/mol. The number of hydrogen-bond acceptors (Lipinski definition) is 2. The van der Waals surface area contributed by atoms with Gasteiger partial charge in [0.15, 0.2) is 5.78 Å². The summed E-state index contributed by atoms with van der Waals surface area (Å²) in [6, 6.07) is 2.02. The Morgan fingerprint density at radius 3 is 2.00 bits per heavy atom. The van der Waals surface area contributed by atoms with Crippen molar-refractivity contribution in [3.05, 3.63) is 0 Å². The Hall–Kier alpha value is -0.840. The maximum Gasteiger partial charge on any atom is 0.152 e. The number of hydrogen-bond donors (Lipinski definition) is 0. The van der Waals surface area contributed by atoms with Gasteiger partial charge < -0.3 is 0 Å². The molecule has 2 heteroatoms. The zero-order valence-electron chi connectivity index (χ0n) is 12.4. The molecule has 0 aromatic carbocycles. The van der Waals surface area contributed by atoms with E-state index in [0.29, 0.717) is 0 Å². The molecule has 0 N–H and O–H groups in total. The third kappa shape index (κ3) is 6.79. The van der Waals surface area contributed by atoms with Crippen molar-refractivity contribution in [2.45, 2.75) is 85.0 Å². The molecule has 0 radical (unpaired) electrons. The molecular formula is C16H29NO. The van der Waals surface area contributed by atoms with Crippen molar-refractivity contribution < 1.29 is 4.79 Å². The van der Waals surface area contributed by atoms with Crippen LogP contribution in [0.1, 0.15) is 85.0 Å². The number of unbranched alkanes of at least 4 members (excludes halogenated alkanes) is 5. The smallest absolute Gasteiger partial charge is 0.152 e. The van der Waals surface area contributed by atoms with Gasteiger partial charge in [0.2, 0.25) is 0 Å². The standard InChI is InChI=1S/C16H29NO/c1-4-6-8-10-13-16(3,12-9-7-5-2)15(18)11-14-17/h4-13H2,1-3H3. The molecule has 0 saturated carbocycles. The minimum Gasteiger partial charge on any atom is -0.298 e. The van der Waals surface area contributed by atoms with E-state index in [-0.39, 0.29) is 17.6 Å². The average molecular weight is 251 g/mol. The van der Waals surface area contributed by atoms with Crippen molar-refractivity contribution in [1.29, 1.82) is 5.26 Å². The van der Waals surface area contributed by atoms with Crippen molar-refractivity contribution in [3.63, 3.8) is 0 Å². The number of rotatable bonds is 11. The molecule has 18 heavy (non-hydrogen) atoms. The lowest BCUT2D eigenvalue weighted by molar-refractivity contribution is -0.127. The molecule has 104 valence electrons. The van der Waals surface area contributed by atoms with Gasteiger partial charge in [-0.15, -0.1) is 0 Å². The van der Waals surface area contributed by atoms with Crippen molar-refractivity contribution >= 4 is 5.78 Å². The molecule has 0 spiro atoms. The van der Waals surface area contributed by atoms with Crippen LogP contribution < -0.4 is 0 Å². The first kappa shape index (κ1) is 17.2. The van der Waals surface area contributed by atoms with E-state index in [1.54, 1.807) is 0 Å². The van der Waals surface area contributed by atoms with Crippen LogP contribution in [0.4, 0.5) is 0 Å². The second-order valence-electron chi connectivity index (χ2n) is 5.59. The van der Waals surface area contributed by atoms with Crippen LogP contribution in [0.25, 0.3) is 0 Å². The summed E-state index contributed by atoms with van der Waals surface area (Å²) in [6.07, 6.45) is 10.3. The van der Waals surface area contributed by atoms with Crippen molar-refractivity contribution in [3.8, 4) is 6.07 Å². The number of nitriles is 1. The number of carbonyl (C=O) groups excluding carboxylic acids is 1. The Kier molecular flexibility index (Phi) is 9.64. The van der Waals surface area contributed by atoms with Gasteiger partial charge in [0.1, 0.15) is 0 Å². The fourth-order valence-corrected chi connectivity index (χ4v) is 2.40. The zero-order chi connectivity index (χ0) is 13.9. The zero-order valence-corrected chi connectivity index (χ0v) is 12.4. The third-order valence-corrected chi connectivity index (χ3v) is 3.83. The highest BCUT2D eigenvalue weighted by Gasteiger charge is 2.31. The summed E-state index contributed by atoms with van der Waals surface area (Å²) >= 11 is 0. The molecule has 1 unspecified atom stereocenters. The highest BCUT2D eigenvalue weighted by Crippen LogP contribution is 2.33. The highest BCUT2D eigenvalue weighted by atomic mass is 16.1. The molecule has 0 bridgehead atoms. The summed E-state index contributed by atoms with van der Waals surface area (Å²) in [6.45, 7) is 6.44. The molecule has 2 nitrogen and oxygen atoms in total. The number of ketones is 1. The van der Waals surface area contributed by atoms with Gasteiger partial charge in [-0.1, -0.05) is 65.7 Å². The topological polar surface area (TPSA) is 40.9 Å². The number of nitrogens with zero attached hydrogens (tertiary/aromatic N) is 1. The summed E-state index contributed by atoms with van der Waals surface area (Å²) in [5.41, 5.74) is -0.251. The van der Waals surface area contributed by atoms with Crippen molar-refractivity contribution in [2.75, 3.05) is 0 Å². The Morgan fingerprint density at radius 1 is 1.00 bits per heavy atom. The predicted molar refractivity (Wildman–Crippen MR) is 76.2 cm³/mol. The van der Waals surface area contributed by atoms with Crippen LogP contribution in [0.3, 0.4) is 0 Å². The minimum absolute atomic E-state index is 0.0798. The van der Waals surface area contributed by atoms with Crippen LogP contribution in [-0.4, -0.2) is 5.78 Å². The SMILES string of the molecule is CCCCCCC(C)(CCCCC)C(=O)CC#N. The van der Waals surface area contributed by atoms with E-state index in [1.165, 1.54) is 32.1 Å². The van der Waals surface area contributed by atoms with E-state index in [1.807, 2.05) is 6.07 Å². The first-order chi connectivity index (χ1) is 8.60. The van der Waals surface area contributed by atoms with E-state index in [9.17, 15) is 4.79 Å². The molecule has 0 saturated heterocycles. The normalized spacial score (nSPS) is 13.9. The van der Waals surface area contributed by atoms with Crippen molar-refractivity contribution in [1.82, 2.24) is 0 Å². The van der Waals surface area contributed by atoms with Gasteiger partial charge in [0, 0.05) is 5.41 Å². The lowest BCUT2D eigenvalue weighted by atomic mass is 9.75. The van der Waals surface area contributed by atoms with Gasteiger partial charge in [-0.2, -0.15) is 5.26 Å². The van der Waals surface area contributed by atoms with E-state index in [4.69, 9.17) is 5.26 Å². The molecule has 0 aliphatic carbocycles. The number of carbonyl (C=O) groups is 1. The summed E-state index contributed by atoms with van der Waals surface area (Å²) in [4.78, 5) is 12.1. The molecule has 1 atom stereocenters. The van der Waals surface area contributed by atoms with Gasteiger partial charge in [0.25, 0.3) is 0 Å². The lowest BCUT2D eigenvalue weighted by Crippen LogP contribution is -2.27. The maximum absolute atomic E-state index is 12.1. The van der Waals surface area contributed by atoms with Crippen LogP contribution in [0.2, 0.25) is 0 Å². The molecule has 0 aromatic heterocycles. The van der Waals surface area contributed by atoms with Gasteiger partial charge in [-0.3, -0.25) is 4.79 Å². The van der Waals surface area contributed by atoms with E-state index in [2.05, 4.69) is 20.8 Å². The third-order valence-electron chi connectivity index (χ3n) is 3.83. The summed E-state index contributed by atoms with van der Waals surface area (Å²) in [5.74, 6) is 0.151. The molecule has 0 aliphatic heterocycles. The Bertz CT molecular complexity index is 267. The maximum atomic E-state index is 12.1. The van der Waals surface area contributed by atoms with Crippen LogP contribution in [0, 0.1) is 16.7 Å². The van der Waals surface area contributed by atoms with Crippen LogP contribution in [-0.2, 0) is 4.79 Å². The second-order valence-corrected chi connectivity index (χ2v) is 5.59.